The minimum atomic E-state index is -0.0316. The molecule has 1 N–H and O–H groups in total. The van der Waals surface area contributed by atoms with E-state index in [1.807, 2.05) is 55.1 Å². The van der Waals surface area contributed by atoms with E-state index in [-0.39, 0.29) is 5.91 Å². The van der Waals surface area contributed by atoms with Gasteiger partial charge < -0.3 is 9.80 Å². The lowest BCUT2D eigenvalue weighted by Crippen LogP contribution is -2.37. The third kappa shape index (κ3) is 3.16. The Kier molecular flexibility index (Phi) is 4.35. The zero-order valence-corrected chi connectivity index (χ0v) is 15.7. The van der Waals surface area contributed by atoms with Crippen molar-refractivity contribution in [2.24, 2.45) is 0 Å². The van der Waals surface area contributed by atoms with Gasteiger partial charge in [0, 0.05) is 31.8 Å². The lowest BCUT2D eigenvalue weighted by molar-refractivity contribution is 0.0732. The second kappa shape index (κ2) is 6.83. The Balaban J connectivity index is 1.63. The normalized spacial score (nSPS) is 13.4. The van der Waals surface area contributed by atoms with Gasteiger partial charge in [0.05, 0.1) is 29.7 Å². The number of carbonyl (C=O) groups excluding carboxylic acids is 1. The van der Waals surface area contributed by atoms with Gasteiger partial charge in [-0.3, -0.25) is 9.89 Å². The molecule has 0 fully saturated rings. The maximum Gasteiger partial charge on any atom is 0.258 e. The summed E-state index contributed by atoms with van der Waals surface area (Å²) in [5.74, 6) is 0.895. The first-order valence-electron chi connectivity index (χ1n) is 8.94. The smallest absolute Gasteiger partial charge is 0.258 e. The molecule has 0 spiro atoms. The maximum atomic E-state index is 13.2. The van der Waals surface area contributed by atoms with Gasteiger partial charge in [0.25, 0.3) is 5.91 Å². The van der Waals surface area contributed by atoms with Crippen molar-refractivity contribution < 1.29 is 4.79 Å². The number of hydrogen-bond donors (Lipinski definition) is 1. The molecular weight excluding hydrogens is 340 g/mol. The molecule has 7 nitrogen and oxygen atoms in total. The minimum absolute atomic E-state index is 0.0316. The largest absolute Gasteiger partial charge is 0.362 e. The first-order valence-corrected chi connectivity index (χ1v) is 8.94. The fourth-order valence-electron chi connectivity index (χ4n) is 3.54. The lowest BCUT2D eigenvalue weighted by atomic mass is 10.0. The van der Waals surface area contributed by atoms with E-state index in [0.717, 1.165) is 40.3 Å². The van der Waals surface area contributed by atoms with Crippen molar-refractivity contribution in [3.63, 3.8) is 0 Å². The molecule has 0 atom stereocenters. The molecule has 2 aromatic heterocycles. The monoisotopic (exact) mass is 362 g/mol. The van der Waals surface area contributed by atoms with Crippen molar-refractivity contribution in [2.75, 3.05) is 25.5 Å². The van der Waals surface area contributed by atoms with Crippen LogP contribution in [0.15, 0.2) is 36.8 Å². The van der Waals surface area contributed by atoms with Gasteiger partial charge in [0.2, 0.25) is 0 Å². The summed E-state index contributed by atoms with van der Waals surface area (Å²) in [5.41, 5.74) is 5.48. The number of rotatable bonds is 3. The lowest BCUT2D eigenvalue weighted by Gasteiger charge is -2.30. The van der Waals surface area contributed by atoms with Crippen LogP contribution in [0.1, 0.15) is 27.2 Å². The van der Waals surface area contributed by atoms with Crippen LogP contribution in [0.3, 0.4) is 0 Å². The van der Waals surface area contributed by atoms with Crippen LogP contribution in [0.4, 0.5) is 5.82 Å². The zero-order valence-electron chi connectivity index (χ0n) is 15.7. The molecule has 0 bridgehead atoms. The average molecular weight is 362 g/mol. The van der Waals surface area contributed by atoms with Crippen LogP contribution >= 0.6 is 0 Å². The summed E-state index contributed by atoms with van der Waals surface area (Å²) >= 11 is 0. The van der Waals surface area contributed by atoms with E-state index in [9.17, 15) is 4.79 Å². The number of H-pyrrole nitrogens is 1. The molecule has 1 amide bonds. The SMILES string of the molecule is Cc1cccc(-c2[nH]ncc2C(=O)N2CCc3c(ncnc3N(C)C)C2)c1. The predicted molar refractivity (Wildman–Crippen MR) is 104 cm³/mol. The summed E-state index contributed by atoms with van der Waals surface area (Å²) in [4.78, 5) is 25.8. The molecule has 1 aliphatic rings. The van der Waals surface area contributed by atoms with Crippen LogP contribution in [0, 0.1) is 6.92 Å². The molecule has 0 radical (unpaired) electrons. The second-order valence-corrected chi connectivity index (χ2v) is 7.02. The summed E-state index contributed by atoms with van der Waals surface area (Å²) in [6, 6.07) is 8.05. The highest BCUT2D eigenvalue weighted by molar-refractivity contribution is 5.99. The van der Waals surface area contributed by atoms with Gasteiger partial charge in [-0.1, -0.05) is 23.8 Å². The zero-order chi connectivity index (χ0) is 19.0. The quantitative estimate of drug-likeness (QED) is 0.774. The number of hydrogen-bond acceptors (Lipinski definition) is 5. The third-order valence-electron chi connectivity index (χ3n) is 4.87. The molecule has 7 heteroatoms. The minimum Gasteiger partial charge on any atom is -0.362 e. The fourth-order valence-corrected chi connectivity index (χ4v) is 3.54. The summed E-state index contributed by atoms with van der Waals surface area (Å²) < 4.78 is 0. The van der Waals surface area contributed by atoms with E-state index in [0.29, 0.717) is 18.7 Å². The Morgan fingerprint density at radius 1 is 1.26 bits per heavy atom. The van der Waals surface area contributed by atoms with Crippen molar-refractivity contribution in [3.05, 3.63) is 59.2 Å². The second-order valence-electron chi connectivity index (χ2n) is 7.02. The number of amides is 1. The van der Waals surface area contributed by atoms with Gasteiger partial charge in [-0.2, -0.15) is 5.10 Å². The maximum absolute atomic E-state index is 13.2. The summed E-state index contributed by atoms with van der Waals surface area (Å²) in [7, 11) is 3.94. The van der Waals surface area contributed by atoms with Crippen LogP contribution in [0.2, 0.25) is 0 Å². The Hall–Kier alpha value is -3.22. The molecule has 27 heavy (non-hydrogen) atoms. The molecule has 0 saturated carbocycles. The van der Waals surface area contributed by atoms with Crippen molar-refractivity contribution in [1.29, 1.82) is 0 Å². The molecule has 3 aromatic rings. The number of aromatic nitrogens is 4. The van der Waals surface area contributed by atoms with Gasteiger partial charge in [-0.15, -0.1) is 0 Å². The van der Waals surface area contributed by atoms with E-state index in [4.69, 9.17) is 0 Å². The number of carbonyl (C=O) groups is 1. The first kappa shape index (κ1) is 17.2. The molecule has 3 heterocycles. The highest BCUT2D eigenvalue weighted by Gasteiger charge is 2.27. The molecule has 1 aromatic carbocycles. The Labute approximate surface area is 158 Å². The van der Waals surface area contributed by atoms with E-state index in [1.54, 1.807) is 12.5 Å². The van der Waals surface area contributed by atoms with Crippen LogP contribution in [-0.4, -0.2) is 51.6 Å². The van der Waals surface area contributed by atoms with Crippen molar-refractivity contribution in [2.45, 2.75) is 19.9 Å². The number of nitrogens with one attached hydrogen (secondary N) is 1. The first-order chi connectivity index (χ1) is 13.0. The van der Waals surface area contributed by atoms with Gasteiger partial charge >= 0.3 is 0 Å². The number of benzene rings is 1. The van der Waals surface area contributed by atoms with Gasteiger partial charge in [-0.05, 0) is 19.4 Å². The van der Waals surface area contributed by atoms with E-state index in [1.165, 1.54) is 0 Å². The van der Waals surface area contributed by atoms with Crippen LogP contribution < -0.4 is 4.90 Å². The Morgan fingerprint density at radius 2 is 2.11 bits per heavy atom. The predicted octanol–water partition coefficient (Wildman–Crippen LogP) is 2.44. The van der Waals surface area contributed by atoms with Crippen LogP contribution in [-0.2, 0) is 13.0 Å². The number of fused-ring (bicyclic) bond motifs is 1. The van der Waals surface area contributed by atoms with Crippen molar-refractivity contribution in [3.8, 4) is 11.3 Å². The summed E-state index contributed by atoms with van der Waals surface area (Å²) in [6.45, 7) is 3.15. The molecule has 0 saturated heterocycles. The van der Waals surface area contributed by atoms with Gasteiger partial charge in [-0.25, -0.2) is 9.97 Å². The van der Waals surface area contributed by atoms with E-state index >= 15 is 0 Å². The molecular formula is C20H22N6O. The van der Waals surface area contributed by atoms with E-state index < -0.39 is 0 Å². The highest BCUT2D eigenvalue weighted by Crippen LogP contribution is 2.27. The van der Waals surface area contributed by atoms with Crippen molar-refractivity contribution in [1.82, 2.24) is 25.1 Å². The molecule has 138 valence electrons. The third-order valence-corrected chi connectivity index (χ3v) is 4.87. The summed E-state index contributed by atoms with van der Waals surface area (Å²) in [5, 5.41) is 7.10. The van der Waals surface area contributed by atoms with Crippen LogP contribution in [0.5, 0.6) is 0 Å². The van der Waals surface area contributed by atoms with E-state index in [2.05, 4.69) is 20.2 Å². The average Bonchev–Trinajstić information content (AvgIpc) is 3.16. The molecule has 4 rings (SSSR count). The number of aromatic amines is 1. The Morgan fingerprint density at radius 3 is 2.89 bits per heavy atom. The molecule has 0 aliphatic carbocycles. The van der Waals surface area contributed by atoms with Gasteiger partial charge in [0.15, 0.2) is 0 Å². The topological polar surface area (TPSA) is 78.0 Å². The summed E-state index contributed by atoms with van der Waals surface area (Å²) in [6.07, 6.45) is 3.92. The van der Waals surface area contributed by atoms with Crippen molar-refractivity contribution >= 4 is 11.7 Å². The number of aryl methyl sites for hydroxylation is 1. The molecule has 1 aliphatic heterocycles. The molecule has 0 unspecified atom stereocenters. The van der Waals surface area contributed by atoms with Gasteiger partial charge in [0.1, 0.15) is 12.1 Å². The number of nitrogens with zero attached hydrogens (tertiary/aromatic N) is 5. The Bertz CT molecular complexity index is 994. The fraction of sp³-hybridized carbons (Fsp3) is 0.300. The van der Waals surface area contributed by atoms with Crippen LogP contribution in [0.25, 0.3) is 11.3 Å². The number of anilines is 1. The highest BCUT2D eigenvalue weighted by atomic mass is 16.2. The standard InChI is InChI=1S/C20H22N6O/c1-13-5-4-6-14(9-13)18-16(10-23-24-18)20(27)26-8-7-15-17(11-26)21-12-22-19(15)25(2)3/h4-6,9-10,12H,7-8,11H2,1-3H3,(H,23,24).